The van der Waals surface area contributed by atoms with Gasteiger partial charge < -0.3 is 9.47 Å². The van der Waals surface area contributed by atoms with Gasteiger partial charge in [-0.15, -0.1) is 0 Å². The van der Waals surface area contributed by atoms with Crippen LogP contribution in [0.25, 0.3) is 0 Å². The van der Waals surface area contributed by atoms with Gasteiger partial charge in [0.2, 0.25) is 0 Å². The molecular weight excluding hydrogens is 308 g/mol. The predicted molar refractivity (Wildman–Crippen MR) is 96.9 cm³/mol. The number of methoxy groups -OCH3 is 2. The predicted octanol–water partition coefficient (Wildman–Crippen LogP) is 4.49. The summed E-state index contributed by atoms with van der Waals surface area (Å²) in [5.74, 6) is 1.43. The Morgan fingerprint density at radius 1 is 1.26 bits per heavy atom. The average molecular weight is 328 g/mol. The smallest absolute Gasteiger partial charge is 0.160 e. The lowest BCUT2D eigenvalue weighted by Gasteiger charge is -2.17. The van der Waals surface area contributed by atoms with Crippen LogP contribution in [-0.2, 0) is 9.47 Å². The van der Waals surface area contributed by atoms with Crippen molar-refractivity contribution in [2.75, 3.05) is 14.2 Å². The number of rotatable bonds is 6. The first kappa shape index (κ1) is 17.1. The Hall–Kier alpha value is -2.27. The SMILES string of the molecule is C=N/C=N\C(Sc1cccc(C)c1)=C1\C=C(OC)C(OC)=CC1. The van der Waals surface area contributed by atoms with Crippen LogP contribution in [-0.4, -0.2) is 27.3 Å². The van der Waals surface area contributed by atoms with Crippen molar-refractivity contribution in [3.05, 3.63) is 64.1 Å². The maximum atomic E-state index is 5.39. The lowest BCUT2D eigenvalue weighted by molar-refractivity contribution is 0.217. The highest BCUT2D eigenvalue weighted by Gasteiger charge is 2.16. The van der Waals surface area contributed by atoms with Gasteiger partial charge in [-0.1, -0.05) is 29.5 Å². The second kappa shape index (κ2) is 8.39. The summed E-state index contributed by atoms with van der Waals surface area (Å²) < 4.78 is 10.7. The number of thioether (sulfide) groups is 1. The van der Waals surface area contributed by atoms with Crippen LogP contribution in [0.15, 0.2) is 73.4 Å². The number of hydrogen-bond acceptors (Lipinski definition) is 4. The van der Waals surface area contributed by atoms with Crippen LogP contribution in [0, 0.1) is 6.92 Å². The van der Waals surface area contributed by atoms with Gasteiger partial charge in [0.1, 0.15) is 11.4 Å². The molecule has 1 aromatic rings. The minimum Gasteiger partial charge on any atom is -0.493 e. The van der Waals surface area contributed by atoms with Gasteiger partial charge in [-0.3, -0.25) is 4.99 Å². The lowest BCUT2D eigenvalue weighted by atomic mass is 10.1. The van der Waals surface area contributed by atoms with Gasteiger partial charge in [-0.05, 0) is 49.9 Å². The second-order valence-corrected chi connectivity index (χ2v) is 5.93. The number of nitrogens with zero attached hydrogens (tertiary/aromatic N) is 2. The molecule has 23 heavy (non-hydrogen) atoms. The van der Waals surface area contributed by atoms with E-state index < -0.39 is 0 Å². The molecule has 2 rings (SSSR count). The Balaban J connectivity index is 2.38. The summed E-state index contributed by atoms with van der Waals surface area (Å²) in [7, 11) is 3.26. The van der Waals surface area contributed by atoms with E-state index in [2.05, 4.69) is 41.8 Å². The summed E-state index contributed by atoms with van der Waals surface area (Å²) in [5, 5.41) is 0.865. The Labute approximate surface area is 141 Å². The van der Waals surface area contributed by atoms with Crippen LogP contribution in [0.1, 0.15) is 12.0 Å². The quantitative estimate of drug-likeness (QED) is 0.439. The fourth-order valence-electron chi connectivity index (χ4n) is 2.14. The van der Waals surface area contributed by atoms with Gasteiger partial charge in [-0.2, -0.15) is 0 Å². The van der Waals surface area contributed by atoms with Crippen LogP contribution in [0.2, 0.25) is 0 Å². The summed E-state index contributed by atoms with van der Waals surface area (Å²) >= 11 is 1.59. The van der Waals surface area contributed by atoms with E-state index >= 15 is 0 Å². The lowest BCUT2D eigenvalue weighted by Crippen LogP contribution is -2.02. The highest BCUT2D eigenvalue weighted by atomic mass is 32.2. The molecule has 1 aliphatic carbocycles. The summed E-state index contributed by atoms with van der Waals surface area (Å²) in [6, 6.07) is 8.30. The molecule has 0 saturated carbocycles. The van der Waals surface area contributed by atoms with E-state index in [-0.39, 0.29) is 0 Å². The van der Waals surface area contributed by atoms with Gasteiger partial charge in [0.25, 0.3) is 0 Å². The summed E-state index contributed by atoms with van der Waals surface area (Å²) in [5.41, 5.74) is 2.26. The zero-order chi connectivity index (χ0) is 16.7. The molecule has 0 spiro atoms. The van der Waals surface area contributed by atoms with Gasteiger partial charge in [-0.25, -0.2) is 4.99 Å². The maximum absolute atomic E-state index is 5.39. The third-order valence-electron chi connectivity index (χ3n) is 3.23. The average Bonchev–Trinajstić information content (AvgIpc) is 2.58. The van der Waals surface area contributed by atoms with Crippen molar-refractivity contribution in [1.82, 2.24) is 0 Å². The Kier molecular flexibility index (Phi) is 6.23. The molecule has 0 N–H and O–H groups in total. The van der Waals surface area contributed by atoms with Gasteiger partial charge >= 0.3 is 0 Å². The van der Waals surface area contributed by atoms with E-state index in [1.807, 2.05) is 18.2 Å². The van der Waals surface area contributed by atoms with Crippen LogP contribution >= 0.6 is 11.8 Å². The largest absolute Gasteiger partial charge is 0.493 e. The number of hydrogen-bond donors (Lipinski definition) is 0. The molecule has 0 saturated heterocycles. The first-order valence-electron chi connectivity index (χ1n) is 7.14. The van der Waals surface area contributed by atoms with Crippen molar-refractivity contribution >= 4 is 24.8 Å². The Bertz CT molecular complexity index is 703. The Morgan fingerprint density at radius 3 is 2.70 bits per heavy atom. The van der Waals surface area contributed by atoms with Crippen LogP contribution in [0.5, 0.6) is 0 Å². The summed E-state index contributed by atoms with van der Waals surface area (Å²) in [6.07, 6.45) is 6.12. The van der Waals surface area contributed by atoms with Gasteiger partial charge in [0, 0.05) is 4.90 Å². The number of aryl methyl sites for hydroxylation is 1. The molecular formula is C18H20N2O2S. The molecule has 0 bridgehead atoms. The number of benzene rings is 1. The summed E-state index contributed by atoms with van der Waals surface area (Å²) in [4.78, 5) is 9.27. The molecule has 0 unspecified atom stereocenters. The standard InChI is InChI=1S/C18H20N2O2S/c1-13-6-5-7-15(10-13)23-18(20-12-19-2)14-8-9-16(21-3)17(11-14)22-4/h5-7,9-12H,2,8H2,1,3-4H3/b18-14-,20-12-. The van der Waals surface area contributed by atoms with Crippen LogP contribution < -0.4 is 0 Å². The number of aliphatic imine (C=N–C) groups is 2. The van der Waals surface area contributed by atoms with Crippen LogP contribution in [0.4, 0.5) is 0 Å². The minimum atomic E-state index is 0.692. The third-order valence-corrected chi connectivity index (χ3v) is 4.28. The molecule has 1 aromatic carbocycles. The Morgan fingerprint density at radius 2 is 2.04 bits per heavy atom. The zero-order valence-corrected chi connectivity index (χ0v) is 14.4. The molecule has 4 nitrogen and oxygen atoms in total. The second-order valence-electron chi connectivity index (χ2n) is 4.87. The first-order valence-corrected chi connectivity index (χ1v) is 7.95. The van der Waals surface area contributed by atoms with Crippen molar-refractivity contribution in [2.24, 2.45) is 9.98 Å². The first-order chi connectivity index (χ1) is 11.2. The van der Waals surface area contributed by atoms with Crippen LogP contribution in [0.3, 0.4) is 0 Å². The molecule has 0 amide bonds. The maximum Gasteiger partial charge on any atom is 0.160 e. The molecule has 0 aliphatic heterocycles. The molecule has 120 valence electrons. The molecule has 0 aromatic heterocycles. The molecule has 0 atom stereocenters. The fraction of sp³-hybridized carbons (Fsp3) is 0.222. The van der Waals surface area contributed by atoms with Gasteiger partial charge in [0.15, 0.2) is 11.5 Å². The topological polar surface area (TPSA) is 43.2 Å². The highest BCUT2D eigenvalue weighted by molar-refractivity contribution is 8.03. The molecule has 0 heterocycles. The minimum absolute atomic E-state index is 0.692. The van der Waals surface area contributed by atoms with E-state index in [9.17, 15) is 0 Å². The van der Waals surface area contributed by atoms with Crippen molar-refractivity contribution in [3.8, 4) is 0 Å². The summed E-state index contributed by atoms with van der Waals surface area (Å²) in [6.45, 7) is 5.52. The fourth-order valence-corrected chi connectivity index (χ4v) is 3.13. The van der Waals surface area contributed by atoms with E-state index in [1.165, 1.54) is 11.9 Å². The van der Waals surface area contributed by atoms with Gasteiger partial charge in [0.05, 0.1) is 14.2 Å². The van der Waals surface area contributed by atoms with E-state index in [0.29, 0.717) is 5.76 Å². The molecule has 1 aliphatic rings. The number of allylic oxidation sites excluding steroid dienone is 3. The van der Waals surface area contributed by atoms with Crippen molar-refractivity contribution in [2.45, 2.75) is 18.2 Å². The van der Waals surface area contributed by atoms with E-state index in [1.54, 1.807) is 26.0 Å². The number of ether oxygens (including phenoxy) is 2. The highest BCUT2D eigenvalue weighted by Crippen LogP contribution is 2.35. The monoisotopic (exact) mass is 328 g/mol. The van der Waals surface area contributed by atoms with Crippen molar-refractivity contribution in [1.29, 1.82) is 0 Å². The molecule has 0 fully saturated rings. The van der Waals surface area contributed by atoms with E-state index in [0.717, 1.165) is 27.7 Å². The molecule has 0 radical (unpaired) electrons. The van der Waals surface area contributed by atoms with Crippen molar-refractivity contribution < 1.29 is 9.47 Å². The third kappa shape index (κ3) is 4.60. The van der Waals surface area contributed by atoms with E-state index in [4.69, 9.17) is 9.47 Å². The zero-order valence-electron chi connectivity index (χ0n) is 13.6. The van der Waals surface area contributed by atoms with Crippen molar-refractivity contribution in [3.63, 3.8) is 0 Å². The molecule has 5 heteroatoms. The normalized spacial score (nSPS) is 16.7.